The van der Waals surface area contributed by atoms with E-state index < -0.39 is 0 Å². The maximum Gasteiger partial charge on any atom is 0.260 e. The smallest absolute Gasteiger partial charge is 0.260 e. The highest BCUT2D eigenvalue weighted by atomic mass is 16.5. The maximum absolute atomic E-state index is 5.56. The lowest BCUT2D eigenvalue weighted by Gasteiger charge is -1.98. The second-order valence-electron chi connectivity index (χ2n) is 2.01. The monoisotopic (exact) mass is 142 g/mol. The van der Waals surface area contributed by atoms with E-state index in [0.717, 1.165) is 6.42 Å². The van der Waals surface area contributed by atoms with Gasteiger partial charge in [0.05, 0.1) is 6.04 Å². The van der Waals surface area contributed by atoms with Crippen molar-refractivity contribution in [3.8, 4) is 0 Å². The molecule has 1 heterocycles. The molecule has 1 rings (SSSR count). The van der Waals surface area contributed by atoms with Crippen molar-refractivity contribution in [3.63, 3.8) is 0 Å². The zero-order valence-corrected chi connectivity index (χ0v) is 5.74. The van der Waals surface area contributed by atoms with E-state index in [-0.39, 0.29) is 12.0 Å². The molecule has 5 nitrogen and oxygen atoms in total. The Kier molecular flexibility index (Phi) is 1.86. The summed E-state index contributed by atoms with van der Waals surface area (Å²) in [7, 11) is 0. The second kappa shape index (κ2) is 2.66. The van der Waals surface area contributed by atoms with E-state index >= 15 is 0 Å². The van der Waals surface area contributed by atoms with Gasteiger partial charge in [-0.2, -0.15) is 4.98 Å². The van der Waals surface area contributed by atoms with E-state index in [1.165, 1.54) is 0 Å². The van der Waals surface area contributed by atoms with Crippen LogP contribution in [0.2, 0.25) is 0 Å². The van der Waals surface area contributed by atoms with Crippen LogP contribution in [0.5, 0.6) is 0 Å². The van der Waals surface area contributed by atoms with Gasteiger partial charge in [-0.3, -0.25) is 0 Å². The first-order chi connectivity index (χ1) is 4.74. The average Bonchev–Trinajstić information content (AvgIpc) is 2.34. The van der Waals surface area contributed by atoms with Crippen LogP contribution in [0.1, 0.15) is 25.3 Å². The van der Waals surface area contributed by atoms with Gasteiger partial charge in [-0.05, 0) is 11.6 Å². The predicted octanol–water partition coefficient (Wildman–Crippen LogP) is 0.0616. The van der Waals surface area contributed by atoms with Crippen molar-refractivity contribution in [1.29, 1.82) is 0 Å². The Morgan fingerprint density at radius 2 is 2.40 bits per heavy atom. The molecule has 0 spiro atoms. The van der Waals surface area contributed by atoms with Gasteiger partial charge >= 0.3 is 0 Å². The van der Waals surface area contributed by atoms with Crippen molar-refractivity contribution < 1.29 is 4.52 Å². The molecule has 0 fully saturated rings. The number of hydrogen-bond acceptors (Lipinski definition) is 5. The first-order valence-corrected chi connectivity index (χ1v) is 3.08. The molecule has 10 heavy (non-hydrogen) atoms. The van der Waals surface area contributed by atoms with Gasteiger partial charge in [0.1, 0.15) is 0 Å². The van der Waals surface area contributed by atoms with Crippen LogP contribution < -0.4 is 11.5 Å². The molecule has 0 amide bonds. The molecule has 0 bridgehead atoms. The van der Waals surface area contributed by atoms with Crippen molar-refractivity contribution >= 4 is 5.95 Å². The fraction of sp³-hybridized carbons (Fsp3) is 0.600. The molecule has 56 valence electrons. The number of nitrogens with two attached hydrogens (primary N) is 2. The van der Waals surface area contributed by atoms with Gasteiger partial charge in [0, 0.05) is 0 Å². The lowest BCUT2D eigenvalue weighted by Crippen LogP contribution is -2.08. The largest absolute Gasteiger partial charge is 0.365 e. The van der Waals surface area contributed by atoms with Gasteiger partial charge in [0.15, 0.2) is 0 Å². The normalized spacial score (nSPS) is 13.4. The summed E-state index contributed by atoms with van der Waals surface area (Å²) in [6.07, 6.45) is 0.766. The number of anilines is 1. The van der Waals surface area contributed by atoms with Gasteiger partial charge in [-0.25, -0.2) is 0 Å². The molecule has 4 N–H and O–H groups in total. The first-order valence-electron chi connectivity index (χ1n) is 3.08. The van der Waals surface area contributed by atoms with Gasteiger partial charge in [0.25, 0.3) is 5.95 Å². The summed E-state index contributed by atoms with van der Waals surface area (Å²) in [5, 5.41) is 3.40. The Morgan fingerprint density at radius 1 is 1.70 bits per heavy atom. The summed E-state index contributed by atoms with van der Waals surface area (Å²) in [5.41, 5.74) is 10.8. The summed E-state index contributed by atoms with van der Waals surface area (Å²) in [6.45, 7) is 1.94. The third-order valence-corrected chi connectivity index (χ3v) is 1.21. The Hall–Kier alpha value is -1.10. The highest BCUT2D eigenvalue weighted by Crippen LogP contribution is 2.10. The molecule has 0 aliphatic rings. The van der Waals surface area contributed by atoms with Crippen molar-refractivity contribution in [2.75, 3.05) is 5.73 Å². The van der Waals surface area contributed by atoms with E-state index in [1.54, 1.807) is 0 Å². The minimum absolute atomic E-state index is 0.138. The molecular weight excluding hydrogens is 132 g/mol. The topological polar surface area (TPSA) is 91.0 Å². The van der Waals surface area contributed by atoms with Crippen LogP contribution in [0.25, 0.3) is 0 Å². The highest BCUT2D eigenvalue weighted by molar-refractivity contribution is 5.11. The summed E-state index contributed by atoms with van der Waals surface area (Å²) >= 11 is 0. The van der Waals surface area contributed by atoms with Crippen LogP contribution in [-0.4, -0.2) is 10.1 Å². The van der Waals surface area contributed by atoms with Gasteiger partial charge in [-0.1, -0.05) is 6.92 Å². The van der Waals surface area contributed by atoms with E-state index in [9.17, 15) is 0 Å². The number of hydrogen-bond donors (Lipinski definition) is 2. The molecule has 0 unspecified atom stereocenters. The van der Waals surface area contributed by atoms with Crippen LogP contribution in [-0.2, 0) is 0 Å². The van der Waals surface area contributed by atoms with Crippen molar-refractivity contribution in [1.82, 2.24) is 10.1 Å². The highest BCUT2D eigenvalue weighted by Gasteiger charge is 2.10. The molecule has 0 saturated heterocycles. The summed E-state index contributed by atoms with van der Waals surface area (Å²) in [6, 6.07) is -0.190. The Labute approximate surface area is 58.4 Å². The van der Waals surface area contributed by atoms with Crippen LogP contribution in [0.4, 0.5) is 5.95 Å². The molecule has 0 aromatic carbocycles. The number of rotatable bonds is 2. The molecule has 0 saturated carbocycles. The zero-order chi connectivity index (χ0) is 7.56. The average molecular weight is 142 g/mol. The Morgan fingerprint density at radius 3 is 2.80 bits per heavy atom. The van der Waals surface area contributed by atoms with Crippen LogP contribution in [0.3, 0.4) is 0 Å². The van der Waals surface area contributed by atoms with E-state index in [0.29, 0.717) is 5.89 Å². The fourth-order valence-corrected chi connectivity index (χ4v) is 0.572. The molecule has 1 aromatic rings. The molecule has 1 aromatic heterocycles. The lowest BCUT2D eigenvalue weighted by molar-refractivity contribution is 0.353. The molecule has 0 aliphatic heterocycles. The fourth-order valence-electron chi connectivity index (χ4n) is 0.572. The number of aromatic nitrogens is 2. The standard InChI is InChI=1S/C5H10N4O/c1-2-3(6)4-8-5(7)9-10-4/h3H,2,6H2,1H3,(H2,7,9)/t3-/m0/s1. The van der Waals surface area contributed by atoms with E-state index in [1.807, 2.05) is 6.92 Å². The van der Waals surface area contributed by atoms with E-state index in [2.05, 4.69) is 10.1 Å². The maximum atomic E-state index is 5.56. The van der Waals surface area contributed by atoms with Crippen molar-refractivity contribution in [3.05, 3.63) is 5.89 Å². The molecule has 1 atom stereocenters. The van der Waals surface area contributed by atoms with E-state index in [4.69, 9.17) is 16.0 Å². The molecule has 5 heteroatoms. The minimum Gasteiger partial charge on any atom is -0.365 e. The SMILES string of the molecule is CC[C@H](N)c1nc(N)no1. The summed E-state index contributed by atoms with van der Waals surface area (Å²) < 4.78 is 4.71. The Bertz CT molecular complexity index is 209. The van der Waals surface area contributed by atoms with Crippen LogP contribution >= 0.6 is 0 Å². The number of nitrogen functional groups attached to an aromatic ring is 1. The quantitative estimate of drug-likeness (QED) is 0.609. The summed E-state index contributed by atoms with van der Waals surface area (Å²) in [4.78, 5) is 3.76. The van der Waals surface area contributed by atoms with Crippen molar-refractivity contribution in [2.24, 2.45) is 5.73 Å². The van der Waals surface area contributed by atoms with Gasteiger partial charge in [-0.15, -0.1) is 0 Å². The third-order valence-electron chi connectivity index (χ3n) is 1.21. The second-order valence-corrected chi connectivity index (χ2v) is 2.01. The van der Waals surface area contributed by atoms with Gasteiger partial charge < -0.3 is 16.0 Å². The number of nitrogens with zero attached hydrogens (tertiary/aromatic N) is 2. The van der Waals surface area contributed by atoms with Crippen molar-refractivity contribution in [2.45, 2.75) is 19.4 Å². The predicted molar refractivity (Wildman–Crippen MR) is 35.9 cm³/mol. The zero-order valence-electron chi connectivity index (χ0n) is 5.74. The molecule has 0 aliphatic carbocycles. The molecular formula is C5H10N4O. The third kappa shape index (κ3) is 1.24. The first kappa shape index (κ1) is 7.01. The van der Waals surface area contributed by atoms with Crippen LogP contribution in [0.15, 0.2) is 4.52 Å². The molecule has 0 radical (unpaired) electrons. The lowest BCUT2D eigenvalue weighted by atomic mass is 10.2. The summed E-state index contributed by atoms with van der Waals surface area (Å²) in [5.74, 6) is 0.541. The van der Waals surface area contributed by atoms with Gasteiger partial charge in [0.2, 0.25) is 5.89 Å². The Balaban J connectivity index is 2.74. The van der Waals surface area contributed by atoms with Crippen LogP contribution in [0, 0.1) is 0 Å². The minimum atomic E-state index is -0.190.